The molecular formula is C20H32BN3O6S. The van der Waals surface area contributed by atoms with Gasteiger partial charge in [0.2, 0.25) is 21.8 Å². The third kappa shape index (κ3) is 5.85. The topological polar surface area (TPSA) is 136 Å². The van der Waals surface area contributed by atoms with E-state index in [9.17, 15) is 28.1 Å². The standard InChI is InChI=1S/C20H32BN3O6S/c1-5-16(21(27)28)22-18(25)17(15-10-7-6-8-11-15)24-13-9-12-20(14(2)3,19(24)26)23-31(4,29)30/h6-8,10-11,14,16-17,23,27-28H,5,9,12-13H2,1-4H3,(H,22,25)/t16-,17?,20?/m0/s1. The number of sulfonamides is 1. The maximum Gasteiger partial charge on any atom is 0.475 e. The van der Waals surface area contributed by atoms with Gasteiger partial charge in [0.25, 0.3) is 0 Å². The zero-order chi connectivity index (χ0) is 23.4. The summed E-state index contributed by atoms with van der Waals surface area (Å²) in [5, 5.41) is 21.7. The summed E-state index contributed by atoms with van der Waals surface area (Å²) >= 11 is 0. The first kappa shape index (κ1) is 25.3. The number of likely N-dealkylation sites (tertiary alicyclic amines) is 1. The number of carbonyl (C=O) groups is 2. The summed E-state index contributed by atoms with van der Waals surface area (Å²) < 4.78 is 26.7. The van der Waals surface area contributed by atoms with Crippen molar-refractivity contribution in [2.45, 2.75) is 57.6 Å². The molecule has 1 aromatic rings. The van der Waals surface area contributed by atoms with Crippen molar-refractivity contribution in [3.8, 4) is 0 Å². The molecule has 31 heavy (non-hydrogen) atoms. The SMILES string of the molecule is CC[C@H](NC(=O)C(c1ccccc1)N1CCCC(NS(C)(=O)=O)(C(C)C)C1=O)B(O)O. The highest BCUT2D eigenvalue weighted by Crippen LogP contribution is 2.35. The van der Waals surface area contributed by atoms with Crippen molar-refractivity contribution in [3.05, 3.63) is 35.9 Å². The molecule has 2 amide bonds. The van der Waals surface area contributed by atoms with Gasteiger partial charge in [-0.15, -0.1) is 0 Å². The van der Waals surface area contributed by atoms with Gasteiger partial charge in [0, 0.05) is 6.54 Å². The Morgan fingerprint density at radius 1 is 1.26 bits per heavy atom. The van der Waals surface area contributed by atoms with E-state index >= 15 is 0 Å². The molecule has 1 aromatic carbocycles. The van der Waals surface area contributed by atoms with E-state index in [2.05, 4.69) is 10.0 Å². The Labute approximate surface area is 184 Å². The van der Waals surface area contributed by atoms with Crippen LogP contribution in [-0.2, 0) is 19.6 Å². The summed E-state index contributed by atoms with van der Waals surface area (Å²) in [6.45, 7) is 5.51. The number of rotatable bonds is 9. The highest BCUT2D eigenvalue weighted by atomic mass is 32.2. The molecule has 3 atom stereocenters. The number of hydrogen-bond donors (Lipinski definition) is 4. The highest BCUT2D eigenvalue weighted by Gasteiger charge is 2.51. The van der Waals surface area contributed by atoms with E-state index in [4.69, 9.17) is 0 Å². The minimum atomic E-state index is -3.69. The van der Waals surface area contributed by atoms with Crippen molar-refractivity contribution in [1.29, 1.82) is 0 Å². The van der Waals surface area contributed by atoms with Crippen molar-refractivity contribution in [1.82, 2.24) is 14.9 Å². The maximum absolute atomic E-state index is 13.7. The van der Waals surface area contributed by atoms with Gasteiger partial charge in [-0.1, -0.05) is 51.1 Å². The Morgan fingerprint density at radius 3 is 2.35 bits per heavy atom. The number of piperidine rings is 1. The predicted molar refractivity (Wildman–Crippen MR) is 118 cm³/mol. The highest BCUT2D eigenvalue weighted by molar-refractivity contribution is 7.88. The van der Waals surface area contributed by atoms with Crippen LogP contribution in [0.3, 0.4) is 0 Å². The third-order valence-electron chi connectivity index (χ3n) is 5.77. The smallest absolute Gasteiger partial charge is 0.426 e. The van der Waals surface area contributed by atoms with Crippen LogP contribution >= 0.6 is 0 Å². The fourth-order valence-corrected chi connectivity index (χ4v) is 5.16. The van der Waals surface area contributed by atoms with Crippen molar-refractivity contribution < 1.29 is 28.1 Å². The summed E-state index contributed by atoms with van der Waals surface area (Å²) in [7, 11) is -5.44. The fourth-order valence-electron chi connectivity index (χ4n) is 4.08. The van der Waals surface area contributed by atoms with Crippen LogP contribution in [0.2, 0.25) is 0 Å². The molecule has 2 rings (SSSR count). The second-order valence-corrected chi connectivity index (χ2v) is 10.1. The molecule has 4 N–H and O–H groups in total. The summed E-state index contributed by atoms with van der Waals surface area (Å²) in [5.41, 5.74) is -0.811. The lowest BCUT2D eigenvalue weighted by atomic mass is 9.77. The zero-order valence-electron chi connectivity index (χ0n) is 18.4. The van der Waals surface area contributed by atoms with E-state index in [1.807, 2.05) is 0 Å². The van der Waals surface area contributed by atoms with Gasteiger partial charge in [-0.25, -0.2) is 8.42 Å². The lowest BCUT2D eigenvalue weighted by Crippen LogP contribution is -2.66. The molecule has 9 nitrogen and oxygen atoms in total. The normalized spacial score (nSPS) is 21.6. The Balaban J connectivity index is 2.50. The van der Waals surface area contributed by atoms with Gasteiger partial charge >= 0.3 is 7.12 Å². The molecule has 1 heterocycles. The zero-order valence-corrected chi connectivity index (χ0v) is 19.2. The molecule has 0 spiro atoms. The van der Waals surface area contributed by atoms with Crippen LogP contribution in [0.4, 0.5) is 0 Å². The number of carbonyl (C=O) groups excluding carboxylic acids is 2. The van der Waals surface area contributed by atoms with E-state index in [0.717, 1.165) is 6.26 Å². The van der Waals surface area contributed by atoms with E-state index < -0.39 is 46.5 Å². The van der Waals surface area contributed by atoms with Crippen LogP contribution in [0.25, 0.3) is 0 Å². The molecular weight excluding hydrogens is 421 g/mol. The van der Waals surface area contributed by atoms with Gasteiger partial charge < -0.3 is 20.3 Å². The van der Waals surface area contributed by atoms with Gasteiger partial charge in [0.15, 0.2) is 0 Å². The van der Waals surface area contributed by atoms with Crippen LogP contribution in [0.1, 0.15) is 51.6 Å². The van der Waals surface area contributed by atoms with Crippen LogP contribution in [0.5, 0.6) is 0 Å². The molecule has 0 radical (unpaired) electrons. The first-order valence-electron chi connectivity index (χ1n) is 10.4. The van der Waals surface area contributed by atoms with Crippen LogP contribution in [-0.4, -0.2) is 66.6 Å². The van der Waals surface area contributed by atoms with Gasteiger partial charge in [0.1, 0.15) is 11.6 Å². The molecule has 1 aliphatic heterocycles. The Bertz CT molecular complexity index is 880. The van der Waals surface area contributed by atoms with Crippen LogP contribution < -0.4 is 10.0 Å². The molecule has 1 saturated heterocycles. The molecule has 2 unspecified atom stereocenters. The van der Waals surface area contributed by atoms with E-state index in [1.165, 1.54) is 4.90 Å². The summed E-state index contributed by atoms with van der Waals surface area (Å²) in [5.74, 6) is -2.28. The minimum absolute atomic E-state index is 0.268. The summed E-state index contributed by atoms with van der Waals surface area (Å²) in [4.78, 5) is 28.3. The van der Waals surface area contributed by atoms with Crippen molar-refractivity contribution in [2.75, 3.05) is 12.8 Å². The van der Waals surface area contributed by atoms with Gasteiger partial charge in [-0.2, -0.15) is 4.72 Å². The van der Waals surface area contributed by atoms with Crippen molar-refractivity contribution in [3.63, 3.8) is 0 Å². The fraction of sp³-hybridized carbons (Fsp3) is 0.600. The Kier molecular flexibility index (Phi) is 8.26. The summed E-state index contributed by atoms with van der Waals surface area (Å²) in [6.07, 6.45) is 2.12. The largest absolute Gasteiger partial charge is 0.475 e. The second-order valence-electron chi connectivity index (χ2n) is 8.35. The van der Waals surface area contributed by atoms with Crippen LogP contribution in [0, 0.1) is 5.92 Å². The maximum atomic E-state index is 13.7. The lowest BCUT2D eigenvalue weighted by Gasteiger charge is -2.46. The average Bonchev–Trinajstić information content (AvgIpc) is 2.68. The van der Waals surface area contributed by atoms with E-state index in [0.29, 0.717) is 18.4 Å². The Hall–Kier alpha value is -1.95. The molecule has 0 saturated carbocycles. The lowest BCUT2D eigenvalue weighted by molar-refractivity contribution is -0.150. The first-order chi connectivity index (χ1) is 14.4. The molecule has 0 aliphatic carbocycles. The Morgan fingerprint density at radius 2 is 1.87 bits per heavy atom. The van der Waals surface area contributed by atoms with E-state index in [1.54, 1.807) is 51.1 Å². The number of amides is 2. The minimum Gasteiger partial charge on any atom is -0.426 e. The average molecular weight is 453 g/mol. The van der Waals surface area contributed by atoms with Gasteiger partial charge in [-0.05, 0) is 30.7 Å². The van der Waals surface area contributed by atoms with Gasteiger partial charge in [-0.3, -0.25) is 9.59 Å². The molecule has 172 valence electrons. The van der Waals surface area contributed by atoms with Crippen LogP contribution in [0.15, 0.2) is 30.3 Å². The molecule has 0 aromatic heterocycles. The molecule has 1 aliphatic rings. The van der Waals surface area contributed by atoms with E-state index in [-0.39, 0.29) is 18.9 Å². The van der Waals surface area contributed by atoms with Crippen molar-refractivity contribution in [2.24, 2.45) is 5.92 Å². The number of nitrogens with one attached hydrogen (secondary N) is 2. The second kappa shape index (κ2) is 10.1. The predicted octanol–water partition coefficient (Wildman–Crippen LogP) is 0.201. The van der Waals surface area contributed by atoms with Crippen molar-refractivity contribution >= 4 is 29.0 Å². The molecule has 0 bridgehead atoms. The number of benzene rings is 1. The number of nitrogens with zero attached hydrogens (tertiary/aromatic N) is 1. The first-order valence-corrected chi connectivity index (χ1v) is 12.3. The summed E-state index contributed by atoms with van der Waals surface area (Å²) in [6, 6.07) is 7.65. The van der Waals surface area contributed by atoms with Gasteiger partial charge in [0.05, 0.1) is 12.2 Å². The third-order valence-corrected chi connectivity index (χ3v) is 6.50. The molecule has 11 heteroatoms. The monoisotopic (exact) mass is 453 g/mol. The molecule has 1 fully saturated rings. The quantitative estimate of drug-likeness (QED) is 0.395. The number of hydrogen-bond acceptors (Lipinski definition) is 6.